The van der Waals surface area contributed by atoms with Crippen molar-refractivity contribution in [1.29, 1.82) is 0 Å². The minimum Gasteiger partial charge on any atom is -0.301 e. The highest BCUT2D eigenvalue weighted by atomic mass is 15.5. The minimum absolute atomic E-state index is 0.0362. The third kappa shape index (κ3) is 1.79. The maximum atomic E-state index is 5.14. The molecular weight excluding hydrogens is 380 g/mol. The molecular formula is C27H22N4. The molecule has 1 fully saturated rings. The van der Waals surface area contributed by atoms with Crippen molar-refractivity contribution in [3.05, 3.63) is 96.6 Å². The number of anilines is 4. The predicted molar refractivity (Wildman–Crippen MR) is 125 cm³/mol. The molecule has 1 aromatic heterocycles. The van der Waals surface area contributed by atoms with Crippen molar-refractivity contribution in [2.24, 2.45) is 5.41 Å². The van der Waals surface area contributed by atoms with E-state index in [1.807, 2.05) is 24.3 Å². The Bertz CT molecular complexity index is 1410. The third-order valence-electron chi connectivity index (χ3n) is 7.94. The quantitative estimate of drug-likeness (QED) is 0.361. The fraction of sp³-hybridized carbons (Fsp3) is 0.185. The van der Waals surface area contributed by atoms with Crippen molar-refractivity contribution < 1.29 is 0 Å². The topological polar surface area (TPSA) is 32.3 Å². The van der Waals surface area contributed by atoms with Crippen LogP contribution in [0.1, 0.15) is 19.4 Å². The molecule has 1 aliphatic carbocycles. The normalized spacial score (nSPS) is 27.5. The van der Waals surface area contributed by atoms with E-state index in [-0.39, 0.29) is 17.0 Å². The average Bonchev–Trinajstić information content (AvgIpc) is 3.11. The smallest absolute Gasteiger partial charge is 0.179 e. The van der Waals surface area contributed by atoms with Crippen LogP contribution in [0, 0.1) is 5.41 Å². The van der Waals surface area contributed by atoms with Crippen molar-refractivity contribution in [2.45, 2.75) is 25.4 Å². The lowest BCUT2D eigenvalue weighted by Gasteiger charge is -2.43. The van der Waals surface area contributed by atoms with E-state index in [9.17, 15) is 0 Å². The highest BCUT2D eigenvalue weighted by molar-refractivity contribution is 5.93. The lowest BCUT2D eigenvalue weighted by Crippen LogP contribution is -2.50. The van der Waals surface area contributed by atoms with Crippen LogP contribution in [0.15, 0.2) is 91.0 Å². The van der Waals surface area contributed by atoms with Crippen molar-refractivity contribution in [3.8, 4) is 0 Å². The van der Waals surface area contributed by atoms with Crippen molar-refractivity contribution in [2.75, 3.05) is 9.80 Å². The van der Waals surface area contributed by atoms with E-state index in [1.54, 1.807) is 0 Å². The molecule has 4 nitrogen and oxygen atoms in total. The van der Waals surface area contributed by atoms with Gasteiger partial charge in [0.2, 0.25) is 0 Å². The Hall–Kier alpha value is -3.66. The molecule has 150 valence electrons. The van der Waals surface area contributed by atoms with Crippen LogP contribution in [0.4, 0.5) is 23.0 Å². The predicted octanol–water partition coefficient (Wildman–Crippen LogP) is 6.09. The molecule has 4 heteroatoms. The van der Waals surface area contributed by atoms with Gasteiger partial charge in [-0.05, 0) is 35.9 Å². The number of aromatic nitrogens is 2. The molecule has 4 aromatic rings. The molecule has 3 heterocycles. The lowest BCUT2D eigenvalue weighted by molar-refractivity contribution is 0.376. The molecule has 3 unspecified atom stereocenters. The molecule has 0 bridgehead atoms. The van der Waals surface area contributed by atoms with Gasteiger partial charge in [0.25, 0.3) is 0 Å². The van der Waals surface area contributed by atoms with Gasteiger partial charge < -0.3 is 9.80 Å². The fourth-order valence-corrected chi connectivity index (χ4v) is 6.03. The lowest BCUT2D eigenvalue weighted by atomic mass is 9.81. The van der Waals surface area contributed by atoms with Crippen LogP contribution in [0.2, 0.25) is 0 Å². The molecule has 3 atom stereocenters. The number of hydrogen-bond acceptors (Lipinski definition) is 4. The van der Waals surface area contributed by atoms with Crippen LogP contribution >= 0.6 is 0 Å². The summed E-state index contributed by atoms with van der Waals surface area (Å²) in [7, 11) is 0. The highest BCUT2D eigenvalue weighted by Gasteiger charge is 2.76. The first-order valence-corrected chi connectivity index (χ1v) is 10.8. The number of benzene rings is 3. The van der Waals surface area contributed by atoms with Crippen LogP contribution in [0.5, 0.6) is 0 Å². The Balaban J connectivity index is 1.60. The Morgan fingerprint density at radius 3 is 2.03 bits per heavy atom. The number of para-hydroxylation sites is 4. The van der Waals surface area contributed by atoms with Gasteiger partial charge in [-0.25, -0.2) is 9.97 Å². The zero-order chi connectivity index (χ0) is 21.0. The van der Waals surface area contributed by atoms with E-state index in [0.717, 1.165) is 28.4 Å². The highest BCUT2D eigenvalue weighted by Crippen LogP contribution is 2.77. The summed E-state index contributed by atoms with van der Waals surface area (Å²) in [5, 5.41) is 0. The second-order valence-electron chi connectivity index (χ2n) is 9.13. The van der Waals surface area contributed by atoms with Crippen LogP contribution < -0.4 is 9.80 Å². The molecule has 0 radical (unpaired) electrons. The fourth-order valence-electron chi connectivity index (χ4n) is 6.03. The third-order valence-corrected chi connectivity index (χ3v) is 7.94. The summed E-state index contributed by atoms with van der Waals surface area (Å²) in [6, 6.07) is 27.4. The Morgan fingerprint density at radius 2 is 1.32 bits per heavy atom. The molecule has 0 N–H and O–H groups in total. The zero-order valence-corrected chi connectivity index (χ0v) is 17.6. The minimum atomic E-state index is -0.119. The van der Waals surface area contributed by atoms with Crippen molar-refractivity contribution >= 4 is 34.0 Å². The summed E-state index contributed by atoms with van der Waals surface area (Å²) in [5.74, 6) is 1.83. The van der Waals surface area contributed by atoms with Gasteiger partial charge in [0.1, 0.15) is 6.17 Å². The van der Waals surface area contributed by atoms with Gasteiger partial charge in [0.05, 0.1) is 11.0 Å². The summed E-state index contributed by atoms with van der Waals surface area (Å²) in [4.78, 5) is 15.0. The molecule has 0 saturated heterocycles. The van der Waals surface area contributed by atoms with E-state index in [4.69, 9.17) is 9.97 Å². The van der Waals surface area contributed by atoms with Gasteiger partial charge in [-0.1, -0.05) is 74.5 Å². The van der Waals surface area contributed by atoms with Gasteiger partial charge in [0, 0.05) is 22.2 Å². The summed E-state index contributed by atoms with van der Waals surface area (Å²) >= 11 is 0. The zero-order valence-electron chi connectivity index (χ0n) is 17.6. The number of hydrogen-bond donors (Lipinski definition) is 0. The van der Waals surface area contributed by atoms with Crippen LogP contribution in [0.25, 0.3) is 11.0 Å². The Labute approximate surface area is 181 Å². The Morgan fingerprint density at radius 1 is 0.742 bits per heavy atom. The van der Waals surface area contributed by atoms with Gasteiger partial charge in [-0.2, -0.15) is 0 Å². The average molecular weight is 403 g/mol. The van der Waals surface area contributed by atoms with Crippen LogP contribution in [-0.4, -0.2) is 16.1 Å². The van der Waals surface area contributed by atoms with Crippen molar-refractivity contribution in [1.82, 2.24) is 9.97 Å². The second kappa shape index (κ2) is 5.33. The van der Waals surface area contributed by atoms with E-state index in [2.05, 4.69) is 84.8 Å². The van der Waals surface area contributed by atoms with E-state index in [0.29, 0.717) is 0 Å². The molecule has 3 aromatic carbocycles. The SMILES string of the molecule is C=C1C2(C)c3ccccc3N3c4nc5ccccc5nc4N(c4ccccc4)C3C12C. The molecule has 0 amide bonds. The molecule has 1 saturated carbocycles. The van der Waals surface area contributed by atoms with Gasteiger partial charge in [0.15, 0.2) is 11.6 Å². The standard InChI is InChI=1S/C27H22N4/c1-17-26(2)19-13-7-10-16-22(19)31-24-23(28-20-14-8-9-15-21(20)29-24)30(25(31)27(17,26)3)18-11-5-4-6-12-18/h4-16,25H,1H2,2-3H3. The maximum Gasteiger partial charge on any atom is 0.179 e. The van der Waals surface area contributed by atoms with Gasteiger partial charge in [-0.3, -0.25) is 0 Å². The molecule has 2 aliphatic heterocycles. The van der Waals surface area contributed by atoms with Gasteiger partial charge in [-0.15, -0.1) is 0 Å². The summed E-state index contributed by atoms with van der Waals surface area (Å²) in [6.45, 7) is 9.26. The molecule has 31 heavy (non-hydrogen) atoms. The summed E-state index contributed by atoms with van der Waals surface area (Å²) < 4.78 is 0. The second-order valence-corrected chi connectivity index (χ2v) is 9.13. The first-order valence-electron chi connectivity index (χ1n) is 10.8. The molecule has 0 spiro atoms. The molecule has 3 aliphatic rings. The number of rotatable bonds is 1. The Kier molecular flexibility index (Phi) is 2.93. The first kappa shape index (κ1) is 17.1. The van der Waals surface area contributed by atoms with E-state index >= 15 is 0 Å². The van der Waals surface area contributed by atoms with Crippen LogP contribution in [0.3, 0.4) is 0 Å². The first-order chi connectivity index (χ1) is 15.1. The van der Waals surface area contributed by atoms with Crippen molar-refractivity contribution in [3.63, 3.8) is 0 Å². The van der Waals surface area contributed by atoms with Crippen LogP contribution in [-0.2, 0) is 5.41 Å². The summed E-state index contributed by atoms with van der Waals surface area (Å²) in [6.07, 6.45) is 0.0362. The number of fused-ring (bicyclic) bond motifs is 9. The molecule has 7 rings (SSSR count). The van der Waals surface area contributed by atoms with Gasteiger partial charge >= 0.3 is 0 Å². The number of nitrogens with zero attached hydrogens (tertiary/aromatic N) is 4. The summed E-state index contributed by atoms with van der Waals surface area (Å²) in [5.41, 5.74) is 6.58. The monoisotopic (exact) mass is 402 g/mol. The maximum absolute atomic E-state index is 5.14. The van der Waals surface area contributed by atoms with E-state index in [1.165, 1.54) is 16.8 Å². The van der Waals surface area contributed by atoms with E-state index < -0.39 is 0 Å². The largest absolute Gasteiger partial charge is 0.301 e.